The van der Waals surface area contributed by atoms with Crippen molar-refractivity contribution in [3.63, 3.8) is 0 Å². The van der Waals surface area contributed by atoms with Gasteiger partial charge in [0.15, 0.2) is 5.58 Å². The lowest BCUT2D eigenvalue weighted by Gasteiger charge is -2.26. The molecular weight excluding hydrogens is 276 g/mol. The summed E-state index contributed by atoms with van der Waals surface area (Å²) in [5.41, 5.74) is 1.07. The molecule has 0 radical (unpaired) electrons. The first-order valence-corrected chi connectivity index (χ1v) is 6.82. The zero-order chi connectivity index (χ0) is 14.8. The second-order valence-electron chi connectivity index (χ2n) is 4.96. The number of nitrogens with zero attached hydrogens (tertiary/aromatic N) is 2. The standard InChI is InChI=1S/C14H16N2O5/c17-13(18)10-1-2-12-11(9-10)16(14(19)21-12)4-3-15-5-7-20-8-6-15/h1-2,9H,3-8H2,(H,17,18). The molecule has 1 aliphatic heterocycles. The summed E-state index contributed by atoms with van der Waals surface area (Å²) >= 11 is 0. The Morgan fingerprint density at radius 1 is 1.24 bits per heavy atom. The average Bonchev–Trinajstić information content (AvgIpc) is 2.80. The Morgan fingerprint density at radius 3 is 2.71 bits per heavy atom. The van der Waals surface area contributed by atoms with E-state index in [-0.39, 0.29) is 5.56 Å². The quantitative estimate of drug-likeness (QED) is 0.889. The van der Waals surface area contributed by atoms with E-state index in [1.165, 1.54) is 22.8 Å². The molecule has 1 aromatic carbocycles. The van der Waals surface area contributed by atoms with Crippen molar-refractivity contribution in [3.05, 3.63) is 34.3 Å². The zero-order valence-corrected chi connectivity index (χ0v) is 11.4. The Hall–Kier alpha value is -2.12. The number of carboxylic acid groups (broad SMARTS) is 1. The van der Waals surface area contributed by atoms with Gasteiger partial charge in [0.25, 0.3) is 0 Å². The van der Waals surface area contributed by atoms with Crippen molar-refractivity contribution in [1.82, 2.24) is 9.47 Å². The van der Waals surface area contributed by atoms with Gasteiger partial charge < -0.3 is 14.3 Å². The Balaban J connectivity index is 1.86. The van der Waals surface area contributed by atoms with Gasteiger partial charge in [-0.1, -0.05) is 0 Å². The third-order valence-electron chi connectivity index (χ3n) is 3.66. The summed E-state index contributed by atoms with van der Waals surface area (Å²) in [7, 11) is 0. The minimum absolute atomic E-state index is 0.142. The molecule has 112 valence electrons. The van der Waals surface area contributed by atoms with Crippen molar-refractivity contribution in [1.29, 1.82) is 0 Å². The van der Waals surface area contributed by atoms with Crippen LogP contribution < -0.4 is 5.76 Å². The van der Waals surface area contributed by atoms with Crippen molar-refractivity contribution in [2.75, 3.05) is 32.8 Å². The first-order valence-electron chi connectivity index (χ1n) is 6.82. The number of aromatic carboxylic acids is 1. The summed E-state index contributed by atoms with van der Waals surface area (Å²) in [5, 5.41) is 9.04. The highest BCUT2D eigenvalue weighted by atomic mass is 16.5. The van der Waals surface area contributed by atoms with Crippen LogP contribution in [0.25, 0.3) is 11.1 Å². The van der Waals surface area contributed by atoms with Crippen LogP contribution in [-0.4, -0.2) is 53.4 Å². The molecule has 0 atom stereocenters. The third-order valence-corrected chi connectivity index (χ3v) is 3.66. The number of oxazole rings is 1. The molecule has 2 heterocycles. The molecule has 7 nitrogen and oxygen atoms in total. The molecule has 3 rings (SSSR count). The molecule has 0 spiro atoms. The molecule has 0 saturated carbocycles. The maximum absolute atomic E-state index is 11.9. The Labute approximate surface area is 120 Å². The van der Waals surface area contributed by atoms with E-state index >= 15 is 0 Å². The normalized spacial score (nSPS) is 16.4. The molecule has 0 unspecified atom stereocenters. The van der Waals surface area contributed by atoms with Gasteiger partial charge >= 0.3 is 11.7 Å². The van der Waals surface area contributed by atoms with E-state index in [2.05, 4.69) is 4.90 Å². The largest absolute Gasteiger partial charge is 0.478 e. The average molecular weight is 292 g/mol. The van der Waals surface area contributed by atoms with Gasteiger partial charge in [0, 0.05) is 26.2 Å². The summed E-state index contributed by atoms with van der Waals surface area (Å²) in [4.78, 5) is 25.1. The highest BCUT2D eigenvalue weighted by Crippen LogP contribution is 2.15. The number of carbonyl (C=O) groups is 1. The molecule has 1 aromatic heterocycles. The van der Waals surface area contributed by atoms with Crippen molar-refractivity contribution in [3.8, 4) is 0 Å². The molecule has 1 saturated heterocycles. The van der Waals surface area contributed by atoms with Crippen LogP contribution in [0.2, 0.25) is 0 Å². The fraction of sp³-hybridized carbons (Fsp3) is 0.429. The monoisotopic (exact) mass is 292 g/mol. The van der Waals surface area contributed by atoms with Crippen molar-refractivity contribution >= 4 is 17.1 Å². The Kier molecular flexibility index (Phi) is 3.76. The Morgan fingerprint density at radius 2 is 2.00 bits per heavy atom. The topological polar surface area (TPSA) is 84.9 Å². The SMILES string of the molecule is O=C(O)c1ccc2oc(=O)n(CCN3CCOCC3)c2c1. The van der Waals surface area contributed by atoms with Crippen LogP contribution in [0.3, 0.4) is 0 Å². The van der Waals surface area contributed by atoms with E-state index in [0.717, 1.165) is 13.1 Å². The number of benzene rings is 1. The van der Waals surface area contributed by atoms with Gasteiger partial charge in [-0.05, 0) is 18.2 Å². The second-order valence-corrected chi connectivity index (χ2v) is 4.96. The van der Waals surface area contributed by atoms with Crippen LogP contribution in [0.4, 0.5) is 0 Å². The molecule has 2 aromatic rings. The zero-order valence-electron chi connectivity index (χ0n) is 11.4. The summed E-state index contributed by atoms with van der Waals surface area (Å²) in [6.07, 6.45) is 0. The number of rotatable bonds is 4. The maximum Gasteiger partial charge on any atom is 0.419 e. The van der Waals surface area contributed by atoms with Gasteiger partial charge in [0.05, 0.1) is 24.3 Å². The third kappa shape index (κ3) is 2.84. The Bertz CT molecular complexity index is 712. The van der Waals surface area contributed by atoms with Crippen LogP contribution in [0.15, 0.2) is 27.4 Å². The van der Waals surface area contributed by atoms with E-state index < -0.39 is 11.7 Å². The lowest BCUT2D eigenvalue weighted by Crippen LogP contribution is -2.38. The van der Waals surface area contributed by atoms with Crippen molar-refractivity contribution in [2.24, 2.45) is 0 Å². The molecule has 1 aliphatic rings. The highest BCUT2D eigenvalue weighted by Gasteiger charge is 2.15. The summed E-state index contributed by atoms with van der Waals surface area (Å²) < 4.78 is 11.9. The molecule has 0 bridgehead atoms. The number of carboxylic acids is 1. The molecular formula is C14H16N2O5. The van der Waals surface area contributed by atoms with Gasteiger partial charge in [0.1, 0.15) is 0 Å². The van der Waals surface area contributed by atoms with Crippen LogP contribution in [-0.2, 0) is 11.3 Å². The molecule has 0 amide bonds. The smallest absolute Gasteiger partial charge is 0.419 e. The van der Waals surface area contributed by atoms with E-state index in [0.29, 0.717) is 37.4 Å². The van der Waals surface area contributed by atoms with Crippen LogP contribution in [0.1, 0.15) is 10.4 Å². The van der Waals surface area contributed by atoms with Gasteiger partial charge in [-0.25, -0.2) is 9.59 Å². The van der Waals surface area contributed by atoms with Crippen LogP contribution in [0, 0.1) is 0 Å². The van der Waals surface area contributed by atoms with Crippen molar-refractivity contribution < 1.29 is 19.1 Å². The number of fused-ring (bicyclic) bond motifs is 1. The number of ether oxygens (including phenoxy) is 1. The molecule has 21 heavy (non-hydrogen) atoms. The van der Waals surface area contributed by atoms with E-state index in [1.807, 2.05) is 0 Å². The van der Waals surface area contributed by atoms with E-state index in [1.54, 1.807) is 0 Å². The lowest BCUT2D eigenvalue weighted by molar-refractivity contribution is 0.0363. The maximum atomic E-state index is 11.9. The summed E-state index contributed by atoms with van der Waals surface area (Å²) in [6.45, 7) is 4.24. The molecule has 7 heteroatoms. The minimum Gasteiger partial charge on any atom is -0.478 e. The number of hydrogen-bond donors (Lipinski definition) is 1. The summed E-state index contributed by atoms with van der Waals surface area (Å²) in [5.74, 6) is -1.48. The molecule has 0 aliphatic carbocycles. The van der Waals surface area contributed by atoms with Crippen LogP contribution >= 0.6 is 0 Å². The van der Waals surface area contributed by atoms with Crippen LogP contribution in [0.5, 0.6) is 0 Å². The predicted octanol–water partition coefficient (Wildman–Crippen LogP) is 0.625. The first-order chi connectivity index (χ1) is 10.1. The minimum atomic E-state index is -1.02. The predicted molar refractivity (Wildman–Crippen MR) is 74.7 cm³/mol. The summed E-state index contributed by atoms with van der Waals surface area (Å²) in [6, 6.07) is 4.42. The first kappa shape index (κ1) is 13.8. The number of morpholine rings is 1. The van der Waals surface area contributed by atoms with E-state index in [9.17, 15) is 9.59 Å². The molecule has 1 N–H and O–H groups in total. The van der Waals surface area contributed by atoms with E-state index in [4.69, 9.17) is 14.3 Å². The number of hydrogen-bond acceptors (Lipinski definition) is 5. The molecule has 1 fully saturated rings. The fourth-order valence-electron chi connectivity index (χ4n) is 2.47. The second kappa shape index (κ2) is 5.71. The highest BCUT2D eigenvalue weighted by molar-refractivity contribution is 5.91. The van der Waals surface area contributed by atoms with Gasteiger partial charge in [-0.15, -0.1) is 0 Å². The fourth-order valence-corrected chi connectivity index (χ4v) is 2.47. The van der Waals surface area contributed by atoms with Gasteiger partial charge in [-0.2, -0.15) is 0 Å². The van der Waals surface area contributed by atoms with Gasteiger partial charge in [-0.3, -0.25) is 9.47 Å². The number of aromatic nitrogens is 1. The lowest BCUT2D eigenvalue weighted by atomic mass is 10.2. The van der Waals surface area contributed by atoms with Crippen molar-refractivity contribution in [2.45, 2.75) is 6.54 Å². The van der Waals surface area contributed by atoms with Gasteiger partial charge in [0.2, 0.25) is 0 Å².